The monoisotopic (exact) mass is 687 g/mol. The normalized spacial score (nSPS) is 18.5. The summed E-state index contributed by atoms with van der Waals surface area (Å²) >= 11 is 0. The van der Waals surface area contributed by atoms with Gasteiger partial charge < -0.3 is 35.3 Å². The minimum atomic E-state index is -1.25. The molecule has 4 heterocycles. The average Bonchev–Trinajstić information content (AvgIpc) is 4.00. The van der Waals surface area contributed by atoms with Gasteiger partial charge in [-0.25, -0.2) is 14.8 Å². The van der Waals surface area contributed by atoms with Gasteiger partial charge in [0.2, 0.25) is 0 Å². The van der Waals surface area contributed by atoms with Gasteiger partial charge in [0.25, 0.3) is 11.8 Å². The largest absolute Gasteiger partial charge is 0.465 e. The zero-order valence-electron chi connectivity index (χ0n) is 28.3. The van der Waals surface area contributed by atoms with E-state index in [1.807, 2.05) is 30.3 Å². The predicted octanol–water partition coefficient (Wildman–Crippen LogP) is 6.24. The van der Waals surface area contributed by atoms with E-state index in [4.69, 9.17) is 0 Å². The van der Waals surface area contributed by atoms with Crippen LogP contribution in [0, 0.1) is 0 Å². The number of likely N-dealkylation sites (tertiary alicyclic amines) is 2. The molecule has 5 aromatic rings. The first-order valence-electron chi connectivity index (χ1n) is 17.4. The van der Waals surface area contributed by atoms with Crippen LogP contribution in [0.5, 0.6) is 0 Å². The fourth-order valence-corrected chi connectivity index (χ4v) is 7.21. The number of benzene rings is 3. The number of H-pyrrole nitrogens is 2. The molecule has 0 saturated carbocycles. The molecular formula is C39H41N7O5. The van der Waals surface area contributed by atoms with Gasteiger partial charge in [0.1, 0.15) is 23.8 Å². The highest BCUT2D eigenvalue weighted by Gasteiger charge is 2.37. The van der Waals surface area contributed by atoms with Crippen LogP contribution in [-0.2, 0) is 9.59 Å². The summed E-state index contributed by atoms with van der Waals surface area (Å²) in [5.74, 6) is 0.871. The van der Waals surface area contributed by atoms with E-state index >= 15 is 0 Å². The van der Waals surface area contributed by atoms with Gasteiger partial charge in [-0.05, 0) is 59.9 Å². The van der Waals surface area contributed by atoms with Gasteiger partial charge in [0.05, 0.1) is 35.9 Å². The zero-order chi connectivity index (χ0) is 35.5. The van der Waals surface area contributed by atoms with Crippen LogP contribution >= 0.6 is 0 Å². The smallest absolute Gasteiger partial charge is 0.405 e. The molecule has 0 bridgehead atoms. The predicted molar refractivity (Wildman–Crippen MR) is 191 cm³/mol. The van der Waals surface area contributed by atoms with Crippen LogP contribution in [0.3, 0.4) is 0 Å². The highest BCUT2D eigenvalue weighted by atomic mass is 16.4. The number of hydrogen-bond acceptors (Lipinski definition) is 6. The third-order valence-electron chi connectivity index (χ3n) is 9.94. The van der Waals surface area contributed by atoms with Gasteiger partial charge in [0.15, 0.2) is 0 Å². The molecule has 2 saturated heterocycles. The number of aromatic nitrogens is 4. The Morgan fingerprint density at radius 2 is 1.22 bits per heavy atom. The summed E-state index contributed by atoms with van der Waals surface area (Å²) in [5, 5.41) is 22.0. The van der Waals surface area contributed by atoms with Gasteiger partial charge >= 0.3 is 6.09 Å². The van der Waals surface area contributed by atoms with Crippen LogP contribution in [0.15, 0.2) is 91.3 Å². The Morgan fingerprint density at radius 3 is 1.69 bits per heavy atom. The number of aliphatic hydroxyl groups is 1. The van der Waals surface area contributed by atoms with Crippen LogP contribution in [0.4, 0.5) is 4.79 Å². The van der Waals surface area contributed by atoms with Crippen molar-refractivity contribution in [3.05, 3.63) is 108 Å². The lowest BCUT2D eigenvalue weighted by atomic mass is 10.0. The molecule has 262 valence electrons. The van der Waals surface area contributed by atoms with E-state index in [0.717, 1.165) is 65.1 Å². The number of carbonyl (C=O) groups excluding carboxylic acids is 2. The highest BCUT2D eigenvalue weighted by Crippen LogP contribution is 2.35. The number of hydrogen-bond donors (Lipinski definition) is 5. The lowest BCUT2D eigenvalue weighted by Gasteiger charge is -2.28. The van der Waals surface area contributed by atoms with Crippen molar-refractivity contribution in [2.24, 2.45) is 0 Å². The second kappa shape index (κ2) is 14.6. The lowest BCUT2D eigenvalue weighted by Crippen LogP contribution is -2.42. The van der Waals surface area contributed by atoms with Crippen molar-refractivity contribution in [2.75, 3.05) is 13.1 Å². The molecule has 12 heteroatoms. The number of rotatable bonds is 10. The van der Waals surface area contributed by atoms with E-state index in [0.29, 0.717) is 30.9 Å². The van der Waals surface area contributed by atoms with Crippen molar-refractivity contribution < 1.29 is 24.6 Å². The third-order valence-corrected chi connectivity index (χ3v) is 9.94. The molecule has 3 aromatic carbocycles. The Hall–Kier alpha value is -5.75. The maximum Gasteiger partial charge on any atom is 0.405 e. The van der Waals surface area contributed by atoms with Crippen molar-refractivity contribution in [3.8, 4) is 33.6 Å². The fourth-order valence-electron chi connectivity index (χ4n) is 7.21. The Kier molecular flexibility index (Phi) is 9.67. The summed E-state index contributed by atoms with van der Waals surface area (Å²) in [6.07, 6.45) is 4.93. The van der Waals surface area contributed by atoms with Crippen LogP contribution in [0.2, 0.25) is 0 Å². The molecule has 51 heavy (non-hydrogen) atoms. The summed E-state index contributed by atoms with van der Waals surface area (Å²) in [5.41, 5.74) is 6.34. The number of amides is 3. The lowest BCUT2D eigenvalue weighted by molar-refractivity contribution is -0.141. The summed E-state index contributed by atoms with van der Waals surface area (Å²) in [6, 6.07) is 23.8. The van der Waals surface area contributed by atoms with Crippen molar-refractivity contribution in [3.63, 3.8) is 0 Å². The molecule has 0 radical (unpaired) electrons. The molecule has 3 amide bonds. The summed E-state index contributed by atoms with van der Waals surface area (Å²) in [4.78, 5) is 57.5. The van der Waals surface area contributed by atoms with E-state index in [1.165, 1.54) is 0 Å². The Labute approximate surface area is 295 Å². The second-order valence-corrected chi connectivity index (χ2v) is 13.1. The van der Waals surface area contributed by atoms with Crippen LogP contribution in [0.25, 0.3) is 33.6 Å². The third kappa shape index (κ3) is 7.00. The summed E-state index contributed by atoms with van der Waals surface area (Å²) in [6.45, 7) is 2.94. The minimum absolute atomic E-state index is 0.163. The van der Waals surface area contributed by atoms with Crippen molar-refractivity contribution in [1.29, 1.82) is 0 Å². The standard InChI is InChI=1S/C39H41N7O5/c1-2-33(47)37(48)45-20-6-10-31(45)35-40-22-29(42-35)26-16-12-24(13-17-26)25-14-18-27(19-15-25)30-23-41-36(43-30)32-11-7-21-46(32)38(49)34(44-39(50)51)28-8-4-3-5-9-28/h3-5,8-9,12-19,22-23,31-34,44,47H,2,6-7,10-11,20-21H2,1H3,(H,40,42)(H,41,43)(H,50,51)/t31-,32-,33+,34+/m0/s1. The van der Waals surface area contributed by atoms with Crippen LogP contribution in [0.1, 0.15) is 74.4 Å². The van der Waals surface area contributed by atoms with E-state index in [-0.39, 0.29) is 23.9 Å². The summed E-state index contributed by atoms with van der Waals surface area (Å²) < 4.78 is 0. The topological polar surface area (TPSA) is 168 Å². The molecule has 0 unspecified atom stereocenters. The van der Waals surface area contributed by atoms with Gasteiger partial charge in [-0.15, -0.1) is 0 Å². The van der Waals surface area contributed by atoms with E-state index in [2.05, 4.69) is 49.5 Å². The number of carbonyl (C=O) groups is 3. The van der Waals surface area contributed by atoms with Gasteiger partial charge in [-0.1, -0.05) is 85.8 Å². The second-order valence-electron chi connectivity index (χ2n) is 13.1. The molecule has 2 aliphatic heterocycles. The number of aromatic amines is 2. The SMILES string of the molecule is CC[C@@H](O)C(=O)N1CCC[C@H]1c1ncc(-c2ccc(-c3ccc(-c4cnc([C@@H]5CCCN5C(=O)[C@H](NC(=O)O)c5ccccc5)[nH]4)cc3)cc2)[nH]1. The fraction of sp³-hybridized carbons (Fsp3) is 0.308. The van der Waals surface area contributed by atoms with Crippen molar-refractivity contribution >= 4 is 17.9 Å². The molecule has 5 N–H and O–H groups in total. The summed E-state index contributed by atoms with van der Waals surface area (Å²) in [7, 11) is 0. The Balaban J connectivity index is 1.02. The average molecular weight is 688 g/mol. The van der Waals surface area contributed by atoms with Crippen molar-refractivity contribution in [2.45, 2.75) is 63.3 Å². The van der Waals surface area contributed by atoms with Crippen molar-refractivity contribution in [1.82, 2.24) is 35.1 Å². The highest BCUT2D eigenvalue weighted by molar-refractivity contribution is 5.87. The van der Waals surface area contributed by atoms with Gasteiger partial charge in [-0.3, -0.25) is 9.59 Å². The maximum atomic E-state index is 13.7. The molecule has 7 rings (SSSR count). The molecule has 0 aliphatic carbocycles. The van der Waals surface area contributed by atoms with Crippen LogP contribution in [-0.4, -0.2) is 77.0 Å². The van der Waals surface area contributed by atoms with Gasteiger partial charge in [-0.2, -0.15) is 0 Å². The number of carboxylic acid groups (broad SMARTS) is 1. The first-order chi connectivity index (χ1) is 24.8. The Bertz CT molecular complexity index is 1990. The molecule has 2 aliphatic rings. The number of nitrogens with zero attached hydrogens (tertiary/aromatic N) is 4. The molecule has 4 atom stereocenters. The maximum absolute atomic E-state index is 13.7. The number of aliphatic hydroxyl groups excluding tert-OH is 1. The molecular weight excluding hydrogens is 646 g/mol. The first kappa shape index (κ1) is 33.7. The van der Waals surface area contributed by atoms with E-state index in [9.17, 15) is 24.6 Å². The van der Waals surface area contributed by atoms with Crippen LogP contribution < -0.4 is 5.32 Å². The number of imidazole rings is 2. The minimum Gasteiger partial charge on any atom is -0.465 e. The molecule has 12 nitrogen and oxygen atoms in total. The zero-order valence-corrected chi connectivity index (χ0v) is 28.3. The quantitative estimate of drug-likeness (QED) is 0.116. The number of nitrogens with one attached hydrogen (secondary N) is 3. The Morgan fingerprint density at radius 1 is 0.745 bits per heavy atom. The first-order valence-corrected chi connectivity index (χ1v) is 17.4. The molecule has 0 spiro atoms. The van der Waals surface area contributed by atoms with Gasteiger partial charge in [0, 0.05) is 13.1 Å². The molecule has 2 fully saturated rings. The molecule has 2 aromatic heterocycles. The van der Waals surface area contributed by atoms with E-state index < -0.39 is 18.2 Å². The van der Waals surface area contributed by atoms with E-state index in [1.54, 1.807) is 53.4 Å².